The van der Waals surface area contributed by atoms with Crippen molar-refractivity contribution in [1.82, 2.24) is 9.80 Å². The van der Waals surface area contributed by atoms with E-state index in [1.807, 2.05) is 0 Å². The first kappa shape index (κ1) is 22.5. The molecular formula is C24H37BiN2. The molecule has 0 saturated heterocycles. The molecule has 0 aliphatic rings. The number of hydrogen-bond acceptors (Lipinski definition) is 2. The first-order valence-corrected chi connectivity index (χ1v) is 18.4. The molecule has 2 rings (SSSR count). The fourth-order valence-corrected chi connectivity index (χ4v) is 9.88. The van der Waals surface area contributed by atoms with E-state index in [9.17, 15) is 0 Å². The molecule has 3 heteroatoms. The zero-order valence-corrected chi connectivity index (χ0v) is 22.5. The molecular weight excluding hydrogens is 525 g/mol. The standard InChI is InChI=1S/C22H31N2.2CH3.Bi/c1-15-10-9-11-20(22(15)14-24(7)8)21-12-19(13-23(5)6)17(3)16(2)18(21)4;;;/h9-11H,13-14H2,1-8H3;2*1H3;. The summed E-state index contributed by atoms with van der Waals surface area (Å²) in [5.41, 5.74) is 12.0. The fourth-order valence-electron chi connectivity index (χ4n) is 4.00. The summed E-state index contributed by atoms with van der Waals surface area (Å²) < 4.78 is 6.82. The zero-order chi connectivity index (χ0) is 20.5. The fraction of sp³-hybridized carbons (Fsp3) is 0.500. The molecule has 27 heavy (non-hydrogen) atoms. The number of aryl methyl sites for hydroxylation is 1. The number of nitrogens with zero attached hydrogens (tertiary/aromatic N) is 2. The summed E-state index contributed by atoms with van der Waals surface area (Å²) in [6, 6.07) is 6.86. The van der Waals surface area contributed by atoms with E-state index in [2.05, 4.69) is 93.1 Å². The van der Waals surface area contributed by atoms with Crippen molar-refractivity contribution in [2.24, 2.45) is 0 Å². The van der Waals surface area contributed by atoms with Gasteiger partial charge in [0.25, 0.3) is 0 Å². The second kappa shape index (κ2) is 9.16. The average Bonchev–Trinajstić information content (AvgIpc) is 2.56. The van der Waals surface area contributed by atoms with Crippen LogP contribution in [-0.2, 0) is 13.1 Å². The van der Waals surface area contributed by atoms with Crippen LogP contribution in [-0.4, -0.2) is 59.7 Å². The number of benzene rings is 2. The summed E-state index contributed by atoms with van der Waals surface area (Å²) in [7, 11) is 8.72. The molecule has 0 unspecified atom stereocenters. The molecule has 0 heterocycles. The van der Waals surface area contributed by atoms with Crippen LogP contribution in [0.4, 0.5) is 0 Å². The molecule has 148 valence electrons. The van der Waals surface area contributed by atoms with E-state index < -0.39 is 21.8 Å². The van der Waals surface area contributed by atoms with Crippen molar-refractivity contribution < 1.29 is 0 Å². The van der Waals surface area contributed by atoms with Crippen LogP contribution in [0.3, 0.4) is 0 Å². The molecule has 0 radical (unpaired) electrons. The van der Waals surface area contributed by atoms with Crippen molar-refractivity contribution in [3.8, 4) is 11.1 Å². The van der Waals surface area contributed by atoms with E-state index in [-0.39, 0.29) is 0 Å². The van der Waals surface area contributed by atoms with Crippen LogP contribution in [0.1, 0.15) is 33.4 Å². The summed E-state index contributed by atoms with van der Waals surface area (Å²) >= 11 is -1.73. The van der Waals surface area contributed by atoms with Gasteiger partial charge < -0.3 is 0 Å². The third kappa shape index (κ3) is 4.81. The summed E-state index contributed by atoms with van der Waals surface area (Å²) in [5, 5.41) is 0. The Labute approximate surface area is 175 Å². The Morgan fingerprint density at radius 2 is 1.30 bits per heavy atom. The minimum absolute atomic E-state index is 0.990. The Kier molecular flexibility index (Phi) is 7.64. The first-order chi connectivity index (χ1) is 12.6. The number of rotatable bonds is 6. The van der Waals surface area contributed by atoms with Crippen LogP contribution in [0, 0.1) is 27.7 Å². The van der Waals surface area contributed by atoms with Gasteiger partial charge in [-0.05, 0) is 0 Å². The molecule has 0 atom stereocenters. The minimum atomic E-state index is -1.73. The summed E-state index contributed by atoms with van der Waals surface area (Å²) in [5.74, 6) is 0. The van der Waals surface area contributed by atoms with Crippen LogP contribution in [0.2, 0.25) is 9.26 Å². The van der Waals surface area contributed by atoms with Crippen molar-refractivity contribution in [1.29, 1.82) is 0 Å². The van der Waals surface area contributed by atoms with Gasteiger partial charge in [-0.15, -0.1) is 0 Å². The van der Waals surface area contributed by atoms with E-state index >= 15 is 0 Å². The molecule has 2 nitrogen and oxygen atoms in total. The van der Waals surface area contributed by atoms with Gasteiger partial charge in [0.05, 0.1) is 0 Å². The van der Waals surface area contributed by atoms with Gasteiger partial charge in [-0.2, -0.15) is 0 Å². The third-order valence-corrected chi connectivity index (χ3v) is 10.9. The Morgan fingerprint density at radius 3 is 1.81 bits per heavy atom. The summed E-state index contributed by atoms with van der Waals surface area (Å²) in [6.45, 7) is 11.3. The van der Waals surface area contributed by atoms with Gasteiger partial charge >= 0.3 is 176 Å². The maximum atomic E-state index is 2.54. The molecule has 0 amide bonds. The molecule has 0 bridgehead atoms. The van der Waals surface area contributed by atoms with E-state index in [1.54, 1.807) is 14.4 Å². The molecule has 0 fully saturated rings. The van der Waals surface area contributed by atoms with Crippen LogP contribution >= 0.6 is 0 Å². The Morgan fingerprint density at radius 1 is 0.741 bits per heavy atom. The molecule has 2 aromatic rings. The predicted molar refractivity (Wildman–Crippen MR) is 123 cm³/mol. The second-order valence-electron chi connectivity index (χ2n) is 8.55. The molecule has 0 N–H and O–H groups in total. The summed E-state index contributed by atoms with van der Waals surface area (Å²) in [6.07, 6.45) is 0. The van der Waals surface area contributed by atoms with Gasteiger partial charge in [0, 0.05) is 0 Å². The average molecular weight is 563 g/mol. The normalized spacial score (nSPS) is 11.9. The van der Waals surface area contributed by atoms with E-state index in [0.717, 1.165) is 13.1 Å². The molecule has 0 aromatic heterocycles. The van der Waals surface area contributed by atoms with Crippen LogP contribution in [0.5, 0.6) is 0 Å². The van der Waals surface area contributed by atoms with Gasteiger partial charge in [0.15, 0.2) is 0 Å². The van der Waals surface area contributed by atoms with E-state index in [4.69, 9.17) is 0 Å². The van der Waals surface area contributed by atoms with Gasteiger partial charge in [-0.3, -0.25) is 0 Å². The first-order valence-electron chi connectivity index (χ1n) is 9.74. The Hall–Kier alpha value is -0.757. The molecule has 0 aliphatic carbocycles. The van der Waals surface area contributed by atoms with Crippen molar-refractivity contribution in [2.75, 3.05) is 28.2 Å². The van der Waals surface area contributed by atoms with Gasteiger partial charge in [-0.25, -0.2) is 0 Å². The maximum absolute atomic E-state index is 2.54. The molecule has 0 aliphatic heterocycles. The zero-order valence-electron chi connectivity index (χ0n) is 19.0. The van der Waals surface area contributed by atoms with Gasteiger partial charge in [-0.1, -0.05) is 0 Å². The molecule has 2 aromatic carbocycles. The quantitative estimate of drug-likeness (QED) is 0.473. The third-order valence-electron chi connectivity index (χ3n) is 5.55. The van der Waals surface area contributed by atoms with Crippen molar-refractivity contribution in [3.63, 3.8) is 0 Å². The van der Waals surface area contributed by atoms with Crippen molar-refractivity contribution >= 4 is 25.0 Å². The second-order valence-corrected chi connectivity index (χ2v) is 17.2. The van der Waals surface area contributed by atoms with Crippen LogP contribution in [0.15, 0.2) is 18.2 Å². The summed E-state index contributed by atoms with van der Waals surface area (Å²) in [4.78, 5) is 4.62. The molecule has 0 saturated carbocycles. The Balaban J connectivity index is 2.93. The topological polar surface area (TPSA) is 6.48 Å². The van der Waals surface area contributed by atoms with Crippen LogP contribution < -0.4 is 3.27 Å². The SMILES string of the molecule is Cc1cccc(-c2c(C)c(C)c(C)c(CN(C)C)[c]2[Bi]([CH3])[CH3])c1CN(C)C. The Bertz CT molecular complexity index is 820. The van der Waals surface area contributed by atoms with Crippen molar-refractivity contribution in [2.45, 2.75) is 50.0 Å². The van der Waals surface area contributed by atoms with Crippen LogP contribution in [0.25, 0.3) is 11.1 Å². The van der Waals surface area contributed by atoms with E-state index in [0.29, 0.717) is 0 Å². The van der Waals surface area contributed by atoms with E-state index in [1.165, 1.54) is 33.4 Å². The predicted octanol–water partition coefficient (Wildman–Crippen LogP) is 4.67. The molecule has 0 spiro atoms. The van der Waals surface area contributed by atoms with Gasteiger partial charge in [0.2, 0.25) is 0 Å². The number of hydrogen-bond donors (Lipinski definition) is 0. The monoisotopic (exact) mass is 562 g/mol. The van der Waals surface area contributed by atoms with Crippen molar-refractivity contribution in [3.05, 3.63) is 51.6 Å². The van der Waals surface area contributed by atoms with Gasteiger partial charge in [0.1, 0.15) is 0 Å².